The number of pyridine rings is 1. The lowest BCUT2D eigenvalue weighted by Crippen LogP contribution is -2.52. The van der Waals surface area contributed by atoms with Gasteiger partial charge in [0.25, 0.3) is 0 Å². The van der Waals surface area contributed by atoms with Crippen molar-refractivity contribution < 1.29 is 18.6 Å². The number of fused-ring (bicyclic) bond motifs is 5. The third-order valence-corrected chi connectivity index (χ3v) is 10.7. The lowest BCUT2D eigenvalue weighted by Gasteiger charge is -2.39. The summed E-state index contributed by atoms with van der Waals surface area (Å²) in [6.45, 7) is 4.10. The van der Waals surface area contributed by atoms with Gasteiger partial charge in [0.2, 0.25) is 5.88 Å². The minimum Gasteiger partial charge on any atom is -0.508 e. The molecule has 232 valence electrons. The lowest BCUT2D eigenvalue weighted by atomic mass is 9.94. The Morgan fingerprint density at radius 1 is 1.13 bits per heavy atom. The van der Waals surface area contributed by atoms with E-state index in [-0.39, 0.29) is 23.5 Å². The summed E-state index contributed by atoms with van der Waals surface area (Å²) in [5, 5.41) is 26.1. The van der Waals surface area contributed by atoms with Gasteiger partial charge in [-0.2, -0.15) is 5.26 Å². The van der Waals surface area contributed by atoms with E-state index in [1.807, 2.05) is 0 Å². The van der Waals surface area contributed by atoms with Crippen LogP contribution >= 0.6 is 0 Å². The van der Waals surface area contributed by atoms with Crippen LogP contribution in [0.15, 0.2) is 24.3 Å². The van der Waals surface area contributed by atoms with Gasteiger partial charge in [-0.05, 0) is 56.2 Å². The molecule has 8 rings (SSSR count). The number of rotatable bonds is 5. The number of halogens is 2. The molecule has 2 bridgehead atoms. The number of hydrogen-bond acceptors (Lipinski definition) is 8. The van der Waals surface area contributed by atoms with E-state index < -0.39 is 12.0 Å². The quantitative estimate of drug-likeness (QED) is 0.412. The van der Waals surface area contributed by atoms with Crippen molar-refractivity contribution in [3.63, 3.8) is 0 Å². The first-order valence-electron chi connectivity index (χ1n) is 16.0. The molecule has 0 aliphatic carbocycles. The molecule has 2 unspecified atom stereocenters. The minimum absolute atomic E-state index is 0.0646. The van der Waals surface area contributed by atoms with Crippen molar-refractivity contribution in [2.24, 2.45) is 0 Å². The predicted molar refractivity (Wildman–Crippen MR) is 168 cm³/mol. The zero-order valence-corrected chi connectivity index (χ0v) is 25.2. The highest BCUT2D eigenvalue weighted by Crippen LogP contribution is 2.44. The molecule has 5 aliphatic heterocycles. The molecule has 0 spiro atoms. The number of piperazine rings is 1. The molecule has 10 heteroatoms. The number of nitrogens with zero attached hydrogens (tertiary/aromatic N) is 5. The van der Waals surface area contributed by atoms with Crippen molar-refractivity contribution in [3.8, 4) is 30.0 Å². The summed E-state index contributed by atoms with van der Waals surface area (Å²) < 4.78 is 35.9. The highest BCUT2D eigenvalue weighted by Gasteiger charge is 2.49. The van der Waals surface area contributed by atoms with Gasteiger partial charge in [0.05, 0.1) is 29.0 Å². The topological polar surface area (TPSA) is 87.9 Å². The van der Waals surface area contributed by atoms with Crippen LogP contribution in [-0.4, -0.2) is 78.1 Å². The first-order chi connectivity index (χ1) is 21.9. The number of nitriles is 1. The van der Waals surface area contributed by atoms with Crippen LogP contribution in [0.25, 0.3) is 10.8 Å². The Morgan fingerprint density at radius 3 is 2.73 bits per heavy atom. The minimum atomic E-state index is -0.879. The first kappa shape index (κ1) is 28.4. The molecule has 6 heterocycles. The molecule has 4 fully saturated rings. The number of aromatic hydroxyl groups is 1. The van der Waals surface area contributed by atoms with Gasteiger partial charge in [0, 0.05) is 67.4 Å². The molecule has 0 radical (unpaired) electrons. The van der Waals surface area contributed by atoms with Gasteiger partial charge in [-0.25, -0.2) is 13.8 Å². The number of anilines is 2. The van der Waals surface area contributed by atoms with E-state index in [0.717, 1.165) is 62.3 Å². The number of ether oxygens (including phenoxy) is 1. The van der Waals surface area contributed by atoms with Crippen LogP contribution in [0.4, 0.5) is 20.2 Å². The molecule has 4 saturated heterocycles. The summed E-state index contributed by atoms with van der Waals surface area (Å²) in [6.07, 6.45) is 10.0. The van der Waals surface area contributed by atoms with Crippen molar-refractivity contribution >= 4 is 22.1 Å². The highest BCUT2D eigenvalue weighted by atomic mass is 19.1. The van der Waals surface area contributed by atoms with E-state index in [4.69, 9.17) is 16.1 Å². The molecule has 8 nitrogen and oxygen atoms in total. The zero-order valence-electron chi connectivity index (χ0n) is 25.2. The Morgan fingerprint density at radius 2 is 1.96 bits per heavy atom. The zero-order chi connectivity index (χ0) is 30.9. The van der Waals surface area contributed by atoms with Crippen molar-refractivity contribution in [2.75, 3.05) is 49.1 Å². The summed E-state index contributed by atoms with van der Waals surface area (Å²) in [7, 11) is 0. The van der Waals surface area contributed by atoms with Crippen LogP contribution in [0.1, 0.15) is 54.5 Å². The van der Waals surface area contributed by atoms with Crippen molar-refractivity contribution in [1.29, 1.82) is 5.26 Å². The molecule has 3 aromatic rings. The second kappa shape index (κ2) is 10.8. The van der Waals surface area contributed by atoms with Crippen LogP contribution in [-0.2, 0) is 13.0 Å². The summed E-state index contributed by atoms with van der Waals surface area (Å²) in [4.78, 5) is 11.6. The Balaban J connectivity index is 1.22. The number of hydrogen-bond donors (Lipinski definition) is 2. The average molecular weight is 611 g/mol. The number of aromatic nitrogens is 1. The maximum Gasteiger partial charge on any atom is 0.234 e. The normalized spacial score (nSPS) is 27.3. The Kier molecular flexibility index (Phi) is 6.78. The Bertz CT molecular complexity index is 1770. The molecule has 1 aromatic heterocycles. The van der Waals surface area contributed by atoms with E-state index in [1.54, 1.807) is 18.2 Å². The fraction of sp³-hybridized carbons (Fsp3) is 0.486. The summed E-state index contributed by atoms with van der Waals surface area (Å²) in [5.74, 6) is 2.38. The van der Waals surface area contributed by atoms with Gasteiger partial charge in [-0.15, -0.1) is 6.42 Å². The number of benzene rings is 2. The molecular formula is C35H36F2N6O2. The molecule has 0 saturated carbocycles. The standard InChI is InChI=1S/C35H36F2N6O2/c1-2-26-29(37)7-4-21-12-25(44)13-31(32(21)26)41-11-8-27-30(19-41)40-34(45-20-35-9-3-10-43(35)16-22(36)14-35)28(15-38)33(27)42-17-23-5-6-24(18-42)39-23/h1,4,7,12-13,22-24,39,44H,3,5-6,8-11,14,16-20H2/t22-,23?,24?,35+/m1/s1. The number of phenolic OH excluding ortho intramolecular Hbond substituents is 1. The number of phenols is 1. The van der Waals surface area contributed by atoms with Crippen LogP contribution in [0.2, 0.25) is 0 Å². The van der Waals surface area contributed by atoms with E-state index in [0.29, 0.717) is 72.5 Å². The molecule has 2 aromatic carbocycles. The van der Waals surface area contributed by atoms with Crippen molar-refractivity contribution in [1.82, 2.24) is 15.2 Å². The molecule has 0 amide bonds. The summed E-state index contributed by atoms with van der Waals surface area (Å²) in [6, 6.07) is 9.36. The molecule has 45 heavy (non-hydrogen) atoms. The third kappa shape index (κ3) is 4.65. The number of alkyl halides is 1. The summed E-state index contributed by atoms with van der Waals surface area (Å²) in [5.41, 5.74) is 3.56. The highest BCUT2D eigenvalue weighted by molar-refractivity contribution is 6.00. The predicted octanol–water partition coefficient (Wildman–Crippen LogP) is 4.39. The van der Waals surface area contributed by atoms with Gasteiger partial charge in [-0.1, -0.05) is 12.0 Å². The molecular weight excluding hydrogens is 574 g/mol. The fourth-order valence-electron chi connectivity index (χ4n) is 8.72. The van der Waals surface area contributed by atoms with Gasteiger partial charge >= 0.3 is 0 Å². The van der Waals surface area contributed by atoms with Gasteiger partial charge < -0.3 is 25.0 Å². The Hall–Kier alpha value is -4.12. The van der Waals surface area contributed by atoms with Crippen molar-refractivity contribution in [3.05, 3.63) is 52.5 Å². The maximum atomic E-state index is 14.9. The largest absolute Gasteiger partial charge is 0.508 e. The lowest BCUT2D eigenvalue weighted by molar-refractivity contribution is 0.110. The second-order valence-corrected chi connectivity index (χ2v) is 13.4. The Labute approximate surface area is 261 Å². The van der Waals surface area contributed by atoms with E-state index in [9.17, 15) is 19.1 Å². The third-order valence-electron chi connectivity index (χ3n) is 10.7. The SMILES string of the molecule is C#Cc1c(F)ccc2cc(O)cc(N3CCc4c(nc(OC[C@@]56CCCN5C[C@H](F)C6)c(C#N)c4N4CC5CCC(C4)N5)C3)c12. The average Bonchev–Trinajstić information content (AvgIpc) is 3.68. The van der Waals surface area contributed by atoms with E-state index in [1.165, 1.54) is 6.07 Å². The van der Waals surface area contributed by atoms with Gasteiger partial charge in [-0.3, -0.25) is 4.90 Å². The van der Waals surface area contributed by atoms with Crippen molar-refractivity contribution in [2.45, 2.75) is 68.9 Å². The van der Waals surface area contributed by atoms with Crippen LogP contribution in [0, 0.1) is 29.5 Å². The van der Waals surface area contributed by atoms with Crippen LogP contribution in [0.3, 0.4) is 0 Å². The fourth-order valence-corrected chi connectivity index (χ4v) is 8.72. The maximum absolute atomic E-state index is 14.9. The first-order valence-corrected chi connectivity index (χ1v) is 16.0. The number of terminal acetylenes is 1. The van der Waals surface area contributed by atoms with E-state index >= 15 is 0 Å². The second-order valence-electron chi connectivity index (χ2n) is 13.4. The van der Waals surface area contributed by atoms with Crippen LogP contribution in [0.5, 0.6) is 11.6 Å². The monoisotopic (exact) mass is 610 g/mol. The van der Waals surface area contributed by atoms with Gasteiger partial charge in [0.1, 0.15) is 36.0 Å². The molecule has 4 atom stereocenters. The molecule has 5 aliphatic rings. The summed E-state index contributed by atoms with van der Waals surface area (Å²) >= 11 is 0. The van der Waals surface area contributed by atoms with Crippen LogP contribution < -0.4 is 19.9 Å². The molecule has 2 N–H and O–H groups in total. The number of nitrogens with one attached hydrogen (secondary N) is 1. The van der Waals surface area contributed by atoms with Gasteiger partial charge in [0.15, 0.2) is 0 Å². The van der Waals surface area contributed by atoms with E-state index in [2.05, 4.69) is 32.0 Å². The smallest absolute Gasteiger partial charge is 0.234 e.